The lowest BCUT2D eigenvalue weighted by atomic mass is 9.97. The molecule has 1 aromatic heterocycles. The molecule has 2 heterocycles. The number of hydrogen-bond donors (Lipinski definition) is 1. The van der Waals surface area contributed by atoms with Crippen molar-refractivity contribution >= 4 is 29.7 Å². The van der Waals surface area contributed by atoms with Crippen molar-refractivity contribution in [1.82, 2.24) is 4.90 Å². The number of carbonyl (C=O) groups excluding carboxylic acids is 1. The zero-order valence-electron chi connectivity index (χ0n) is 11.3. The zero-order valence-corrected chi connectivity index (χ0v) is 12.9. The zero-order chi connectivity index (χ0) is 13.1. The van der Waals surface area contributed by atoms with Crippen LogP contribution in [0.25, 0.3) is 0 Å². The summed E-state index contributed by atoms with van der Waals surface area (Å²) in [4.78, 5) is 15.6. The SMILES string of the molecule is CCC1c2ccsc2CCN1C(=O)C(N)COC.Cl. The molecule has 2 rings (SSSR count). The summed E-state index contributed by atoms with van der Waals surface area (Å²) in [5.74, 6) is 0.000509. The maximum absolute atomic E-state index is 12.3. The lowest BCUT2D eigenvalue weighted by Gasteiger charge is -2.36. The maximum Gasteiger partial charge on any atom is 0.242 e. The molecule has 2 unspecified atom stereocenters. The van der Waals surface area contributed by atoms with Crippen molar-refractivity contribution in [2.24, 2.45) is 5.73 Å². The Labute approximate surface area is 124 Å². The molecule has 1 aliphatic rings. The first-order valence-electron chi connectivity index (χ1n) is 6.30. The van der Waals surface area contributed by atoms with Gasteiger partial charge in [-0.15, -0.1) is 23.7 Å². The summed E-state index contributed by atoms with van der Waals surface area (Å²) in [7, 11) is 1.57. The van der Waals surface area contributed by atoms with E-state index in [-0.39, 0.29) is 31.0 Å². The van der Waals surface area contributed by atoms with Crippen molar-refractivity contribution in [3.8, 4) is 0 Å². The second-order valence-electron chi connectivity index (χ2n) is 4.57. The highest BCUT2D eigenvalue weighted by atomic mass is 35.5. The van der Waals surface area contributed by atoms with Crippen LogP contribution < -0.4 is 5.73 Å². The number of rotatable bonds is 4. The molecule has 6 heteroatoms. The van der Waals surface area contributed by atoms with E-state index in [0.717, 1.165) is 19.4 Å². The molecule has 19 heavy (non-hydrogen) atoms. The quantitative estimate of drug-likeness (QED) is 0.925. The van der Waals surface area contributed by atoms with Crippen LogP contribution in [0.15, 0.2) is 11.4 Å². The van der Waals surface area contributed by atoms with E-state index in [9.17, 15) is 4.79 Å². The van der Waals surface area contributed by atoms with E-state index in [2.05, 4.69) is 18.4 Å². The van der Waals surface area contributed by atoms with Gasteiger partial charge >= 0.3 is 0 Å². The number of carbonyl (C=O) groups is 1. The fourth-order valence-corrected chi connectivity index (χ4v) is 3.49. The fourth-order valence-electron chi connectivity index (χ4n) is 2.56. The number of nitrogens with two attached hydrogens (primary N) is 1. The van der Waals surface area contributed by atoms with E-state index in [4.69, 9.17) is 10.5 Å². The fraction of sp³-hybridized carbons (Fsp3) is 0.615. The van der Waals surface area contributed by atoms with E-state index in [1.807, 2.05) is 4.90 Å². The largest absolute Gasteiger partial charge is 0.383 e. The minimum Gasteiger partial charge on any atom is -0.383 e. The number of nitrogens with zero attached hydrogens (tertiary/aromatic N) is 1. The number of ether oxygens (including phenoxy) is 1. The van der Waals surface area contributed by atoms with Gasteiger partial charge in [0.2, 0.25) is 5.91 Å². The first kappa shape index (κ1) is 16.4. The van der Waals surface area contributed by atoms with Crippen LogP contribution in [-0.4, -0.2) is 37.1 Å². The number of fused-ring (bicyclic) bond motifs is 1. The highest BCUT2D eigenvalue weighted by molar-refractivity contribution is 7.10. The molecule has 0 aromatic carbocycles. The molecule has 1 aromatic rings. The molecule has 2 atom stereocenters. The lowest BCUT2D eigenvalue weighted by molar-refractivity contribution is -0.136. The molecule has 1 amide bonds. The van der Waals surface area contributed by atoms with Crippen LogP contribution in [0.4, 0.5) is 0 Å². The Morgan fingerprint density at radius 3 is 3.05 bits per heavy atom. The highest BCUT2D eigenvalue weighted by Crippen LogP contribution is 2.35. The second kappa shape index (κ2) is 7.24. The molecule has 0 radical (unpaired) electrons. The summed E-state index contributed by atoms with van der Waals surface area (Å²) in [6.07, 6.45) is 1.87. The summed E-state index contributed by atoms with van der Waals surface area (Å²) in [5.41, 5.74) is 7.16. The predicted octanol–water partition coefficient (Wildman–Crippen LogP) is 1.98. The molecule has 0 spiro atoms. The Bertz CT molecular complexity index is 425. The van der Waals surface area contributed by atoms with Crippen LogP contribution in [0.5, 0.6) is 0 Å². The third-order valence-electron chi connectivity index (χ3n) is 3.43. The van der Waals surface area contributed by atoms with Crippen LogP contribution >= 0.6 is 23.7 Å². The Morgan fingerprint density at radius 1 is 1.68 bits per heavy atom. The van der Waals surface area contributed by atoms with Crippen LogP contribution in [0.2, 0.25) is 0 Å². The minimum absolute atomic E-state index is 0. The van der Waals surface area contributed by atoms with Gasteiger partial charge in [0.25, 0.3) is 0 Å². The molecule has 0 saturated heterocycles. The molecule has 0 saturated carbocycles. The van der Waals surface area contributed by atoms with Crippen LogP contribution in [0, 0.1) is 0 Å². The Morgan fingerprint density at radius 2 is 2.42 bits per heavy atom. The number of thiophene rings is 1. The molecule has 108 valence electrons. The van der Waals surface area contributed by atoms with Gasteiger partial charge in [-0.05, 0) is 29.9 Å². The van der Waals surface area contributed by atoms with Gasteiger partial charge in [-0.3, -0.25) is 4.79 Å². The average molecular weight is 305 g/mol. The van der Waals surface area contributed by atoms with Gasteiger partial charge in [0.1, 0.15) is 6.04 Å². The van der Waals surface area contributed by atoms with E-state index >= 15 is 0 Å². The minimum atomic E-state index is -0.552. The van der Waals surface area contributed by atoms with Crippen LogP contribution in [0.1, 0.15) is 29.8 Å². The summed E-state index contributed by atoms with van der Waals surface area (Å²) in [6, 6.07) is 1.76. The van der Waals surface area contributed by atoms with Gasteiger partial charge in [0, 0.05) is 18.5 Å². The lowest BCUT2D eigenvalue weighted by Crippen LogP contribution is -2.49. The van der Waals surface area contributed by atoms with Crippen molar-refractivity contribution in [3.05, 3.63) is 21.9 Å². The van der Waals surface area contributed by atoms with E-state index in [1.165, 1.54) is 10.4 Å². The van der Waals surface area contributed by atoms with Crippen molar-refractivity contribution in [3.63, 3.8) is 0 Å². The molecule has 4 nitrogen and oxygen atoms in total. The number of amides is 1. The molecule has 0 aliphatic carbocycles. The average Bonchev–Trinajstić information content (AvgIpc) is 2.85. The van der Waals surface area contributed by atoms with E-state index in [1.54, 1.807) is 18.4 Å². The topological polar surface area (TPSA) is 55.6 Å². The van der Waals surface area contributed by atoms with Gasteiger partial charge in [0.15, 0.2) is 0 Å². The molecule has 2 N–H and O–H groups in total. The first-order valence-corrected chi connectivity index (χ1v) is 7.18. The number of halogens is 1. The predicted molar refractivity (Wildman–Crippen MR) is 79.9 cm³/mol. The van der Waals surface area contributed by atoms with Crippen molar-refractivity contribution in [2.45, 2.75) is 31.8 Å². The summed E-state index contributed by atoms with van der Waals surface area (Å²) in [5, 5.41) is 2.11. The molecular weight excluding hydrogens is 284 g/mol. The van der Waals surface area contributed by atoms with Gasteiger partial charge in [-0.2, -0.15) is 0 Å². The number of hydrogen-bond acceptors (Lipinski definition) is 4. The Balaban J connectivity index is 0.00000180. The van der Waals surface area contributed by atoms with Crippen molar-refractivity contribution in [2.75, 3.05) is 20.3 Å². The van der Waals surface area contributed by atoms with Crippen molar-refractivity contribution in [1.29, 1.82) is 0 Å². The molecule has 0 bridgehead atoms. The molecule has 0 fully saturated rings. The molecule has 1 aliphatic heterocycles. The van der Waals surface area contributed by atoms with Crippen LogP contribution in [-0.2, 0) is 16.0 Å². The summed E-state index contributed by atoms with van der Waals surface area (Å²) < 4.78 is 4.97. The monoisotopic (exact) mass is 304 g/mol. The standard InChI is InChI=1S/C13H20N2O2S.ClH/c1-3-11-9-5-7-18-12(9)4-6-15(11)13(16)10(14)8-17-2;/h5,7,10-11H,3-4,6,8,14H2,1-2H3;1H. The summed E-state index contributed by atoms with van der Waals surface area (Å²) in [6.45, 7) is 3.16. The van der Waals surface area contributed by atoms with Gasteiger partial charge in [0.05, 0.1) is 12.6 Å². The Kier molecular flexibility index (Phi) is 6.26. The molecular formula is C13H21ClN2O2S. The second-order valence-corrected chi connectivity index (χ2v) is 5.57. The van der Waals surface area contributed by atoms with Crippen molar-refractivity contribution < 1.29 is 9.53 Å². The van der Waals surface area contributed by atoms with Gasteiger partial charge in [-0.25, -0.2) is 0 Å². The highest BCUT2D eigenvalue weighted by Gasteiger charge is 2.32. The first-order chi connectivity index (χ1) is 8.69. The summed E-state index contributed by atoms with van der Waals surface area (Å²) >= 11 is 1.78. The normalized spacial score (nSPS) is 19.5. The van der Waals surface area contributed by atoms with Gasteiger partial charge < -0.3 is 15.4 Å². The third-order valence-corrected chi connectivity index (χ3v) is 4.42. The Hall–Kier alpha value is -0.620. The van der Waals surface area contributed by atoms with Gasteiger partial charge in [-0.1, -0.05) is 6.92 Å². The van der Waals surface area contributed by atoms with E-state index < -0.39 is 6.04 Å². The smallest absolute Gasteiger partial charge is 0.242 e. The van der Waals surface area contributed by atoms with E-state index in [0.29, 0.717) is 0 Å². The number of methoxy groups -OCH3 is 1. The third kappa shape index (κ3) is 3.28. The maximum atomic E-state index is 12.3. The van der Waals surface area contributed by atoms with Crippen LogP contribution in [0.3, 0.4) is 0 Å².